The lowest BCUT2D eigenvalue weighted by molar-refractivity contribution is 0.0238. The third kappa shape index (κ3) is 3.50. The standard InChI is InChI=1S/C19H23BN4O4/c1-11-4-6-27-10-16(11)24-9-15(18(21)25)19(23-24)22-14-7-12(2)17-13(8-14)3-5-20(26)28-17/h3,5,7-9,11,16,26H,4,6,10H2,1-2H3,(H2,21,25)(H,22,23)/t11-,16-/m0/s1. The molecule has 2 atom stereocenters. The summed E-state index contributed by atoms with van der Waals surface area (Å²) in [5.41, 5.74) is 8.35. The van der Waals surface area contributed by atoms with Crippen LogP contribution < -0.4 is 15.7 Å². The maximum Gasteiger partial charge on any atom is 0.552 e. The molecule has 0 saturated carbocycles. The maximum atomic E-state index is 12.0. The highest BCUT2D eigenvalue weighted by atomic mass is 16.5. The number of carbonyl (C=O) groups is 1. The van der Waals surface area contributed by atoms with E-state index >= 15 is 0 Å². The Balaban J connectivity index is 1.66. The Bertz CT molecular complexity index is 942. The van der Waals surface area contributed by atoms with Crippen LogP contribution in [0.2, 0.25) is 0 Å². The molecule has 0 spiro atoms. The number of aromatic nitrogens is 2. The largest absolute Gasteiger partial charge is 0.552 e. The summed E-state index contributed by atoms with van der Waals surface area (Å²) in [4.78, 5) is 12.0. The number of benzene rings is 1. The molecule has 0 bridgehead atoms. The number of fused-ring (bicyclic) bond motifs is 1. The molecule has 0 unspecified atom stereocenters. The van der Waals surface area contributed by atoms with Crippen molar-refractivity contribution in [1.29, 1.82) is 0 Å². The van der Waals surface area contributed by atoms with Crippen molar-refractivity contribution in [2.75, 3.05) is 18.5 Å². The number of primary amides is 1. The Morgan fingerprint density at radius 1 is 1.46 bits per heavy atom. The molecule has 2 aliphatic heterocycles. The van der Waals surface area contributed by atoms with E-state index in [1.54, 1.807) is 22.9 Å². The minimum absolute atomic E-state index is 0.0606. The molecule has 4 N–H and O–H groups in total. The fourth-order valence-corrected chi connectivity index (χ4v) is 3.64. The van der Waals surface area contributed by atoms with Crippen LogP contribution in [-0.4, -0.2) is 41.0 Å². The van der Waals surface area contributed by atoms with E-state index in [2.05, 4.69) is 17.3 Å². The molecule has 0 aliphatic carbocycles. The van der Waals surface area contributed by atoms with Gasteiger partial charge in [0.25, 0.3) is 5.91 Å². The molecule has 3 heterocycles. The predicted molar refractivity (Wildman–Crippen MR) is 106 cm³/mol. The van der Waals surface area contributed by atoms with Gasteiger partial charge in [-0.05, 0) is 42.9 Å². The van der Waals surface area contributed by atoms with Crippen LogP contribution in [0.25, 0.3) is 6.08 Å². The van der Waals surface area contributed by atoms with Crippen LogP contribution in [0.3, 0.4) is 0 Å². The summed E-state index contributed by atoms with van der Waals surface area (Å²) >= 11 is 0. The topological polar surface area (TPSA) is 112 Å². The fraction of sp³-hybridized carbons (Fsp3) is 0.368. The number of anilines is 2. The number of carbonyl (C=O) groups excluding carboxylic acids is 1. The Kier molecular flexibility index (Phi) is 4.86. The van der Waals surface area contributed by atoms with Crippen molar-refractivity contribution in [2.24, 2.45) is 11.7 Å². The van der Waals surface area contributed by atoms with Crippen LogP contribution in [0, 0.1) is 12.8 Å². The van der Waals surface area contributed by atoms with E-state index in [0.717, 1.165) is 29.8 Å². The van der Waals surface area contributed by atoms with Crippen molar-refractivity contribution < 1.29 is 19.2 Å². The van der Waals surface area contributed by atoms with E-state index in [1.807, 2.05) is 19.1 Å². The van der Waals surface area contributed by atoms with Gasteiger partial charge in [-0.25, -0.2) is 0 Å². The number of amides is 1. The van der Waals surface area contributed by atoms with Gasteiger partial charge in [0, 0.05) is 24.1 Å². The van der Waals surface area contributed by atoms with Gasteiger partial charge in [0.15, 0.2) is 5.82 Å². The summed E-state index contributed by atoms with van der Waals surface area (Å²) in [6, 6.07) is 3.81. The quantitative estimate of drug-likeness (QED) is 0.698. The number of aryl methyl sites for hydroxylation is 1. The second-order valence-corrected chi connectivity index (χ2v) is 7.35. The van der Waals surface area contributed by atoms with Crippen LogP contribution in [0.5, 0.6) is 5.75 Å². The number of hydrogen-bond acceptors (Lipinski definition) is 6. The molecule has 28 heavy (non-hydrogen) atoms. The van der Waals surface area contributed by atoms with Crippen LogP contribution in [-0.2, 0) is 4.74 Å². The lowest BCUT2D eigenvalue weighted by atomic mass is 9.86. The summed E-state index contributed by atoms with van der Waals surface area (Å²) in [6.07, 6.45) is 4.43. The van der Waals surface area contributed by atoms with Crippen molar-refractivity contribution in [3.05, 3.63) is 41.0 Å². The normalized spacial score (nSPS) is 21.2. The number of nitrogens with two attached hydrogens (primary N) is 1. The SMILES string of the molecule is Cc1cc(Nc2nn([C@H]3COCC[C@@H]3C)cc2C(N)=O)cc2c1OB(O)C=C2. The van der Waals surface area contributed by atoms with Crippen LogP contribution in [0.1, 0.15) is 40.9 Å². The molecular formula is C19H23BN4O4. The van der Waals surface area contributed by atoms with Crippen LogP contribution in [0.15, 0.2) is 24.3 Å². The van der Waals surface area contributed by atoms with Gasteiger partial charge in [0.1, 0.15) is 11.3 Å². The highest BCUT2D eigenvalue weighted by Gasteiger charge is 2.27. The molecule has 1 fully saturated rings. The number of nitrogens with zero attached hydrogens (tertiary/aromatic N) is 2. The van der Waals surface area contributed by atoms with Crippen LogP contribution >= 0.6 is 0 Å². The lowest BCUT2D eigenvalue weighted by Gasteiger charge is -2.28. The van der Waals surface area contributed by atoms with Gasteiger partial charge in [0.05, 0.1) is 12.6 Å². The van der Waals surface area contributed by atoms with Crippen molar-refractivity contribution in [3.8, 4) is 5.75 Å². The smallest absolute Gasteiger partial charge is 0.532 e. The Morgan fingerprint density at radius 2 is 2.29 bits per heavy atom. The van der Waals surface area contributed by atoms with E-state index in [1.165, 1.54) is 0 Å². The Hall–Kier alpha value is -2.78. The first-order valence-corrected chi connectivity index (χ1v) is 9.33. The molecule has 8 nitrogen and oxygen atoms in total. The van der Waals surface area contributed by atoms with Gasteiger partial charge in [-0.15, -0.1) is 0 Å². The lowest BCUT2D eigenvalue weighted by Crippen LogP contribution is -2.28. The van der Waals surface area contributed by atoms with E-state index in [-0.39, 0.29) is 6.04 Å². The zero-order valence-electron chi connectivity index (χ0n) is 15.9. The predicted octanol–water partition coefficient (Wildman–Crippen LogP) is 2.06. The molecule has 0 radical (unpaired) electrons. The second-order valence-electron chi connectivity index (χ2n) is 7.35. The molecule has 1 saturated heterocycles. The molecule has 1 aromatic heterocycles. The molecule has 9 heteroatoms. The zero-order chi connectivity index (χ0) is 19.8. The summed E-state index contributed by atoms with van der Waals surface area (Å²) < 4.78 is 12.8. The molecule has 2 aromatic rings. The maximum absolute atomic E-state index is 12.0. The van der Waals surface area contributed by atoms with Crippen molar-refractivity contribution in [1.82, 2.24) is 9.78 Å². The number of rotatable bonds is 4. The van der Waals surface area contributed by atoms with Gasteiger partial charge < -0.3 is 25.5 Å². The summed E-state index contributed by atoms with van der Waals surface area (Å²) in [5, 5.41) is 17.4. The van der Waals surface area contributed by atoms with E-state index in [0.29, 0.717) is 29.7 Å². The first-order chi connectivity index (χ1) is 13.4. The minimum atomic E-state index is -0.943. The van der Waals surface area contributed by atoms with Gasteiger partial charge in [0.2, 0.25) is 0 Å². The molecular weight excluding hydrogens is 359 g/mol. The van der Waals surface area contributed by atoms with Crippen molar-refractivity contribution >= 4 is 30.6 Å². The fourth-order valence-electron chi connectivity index (χ4n) is 3.64. The van der Waals surface area contributed by atoms with E-state index < -0.39 is 13.0 Å². The number of ether oxygens (including phenoxy) is 1. The molecule has 146 valence electrons. The van der Waals surface area contributed by atoms with Crippen molar-refractivity contribution in [2.45, 2.75) is 26.3 Å². The van der Waals surface area contributed by atoms with Gasteiger partial charge in [-0.2, -0.15) is 5.10 Å². The first-order valence-electron chi connectivity index (χ1n) is 9.33. The zero-order valence-corrected chi connectivity index (χ0v) is 15.9. The monoisotopic (exact) mass is 382 g/mol. The third-order valence-corrected chi connectivity index (χ3v) is 5.25. The van der Waals surface area contributed by atoms with E-state index in [4.69, 9.17) is 15.1 Å². The summed E-state index contributed by atoms with van der Waals surface area (Å²) in [7, 11) is -0.943. The Labute approximate surface area is 163 Å². The molecule has 2 aliphatic rings. The Morgan fingerprint density at radius 3 is 3.04 bits per heavy atom. The van der Waals surface area contributed by atoms with Crippen LogP contribution in [0.4, 0.5) is 11.5 Å². The minimum Gasteiger partial charge on any atom is -0.532 e. The highest BCUT2D eigenvalue weighted by Crippen LogP contribution is 2.34. The molecule has 1 amide bonds. The average Bonchev–Trinajstić information content (AvgIpc) is 3.06. The first kappa shape index (κ1) is 18.6. The number of nitrogens with one attached hydrogen (secondary N) is 1. The summed E-state index contributed by atoms with van der Waals surface area (Å²) in [5.74, 6) is 2.46. The second kappa shape index (κ2) is 7.33. The number of hydrogen-bond donors (Lipinski definition) is 3. The third-order valence-electron chi connectivity index (χ3n) is 5.25. The van der Waals surface area contributed by atoms with Crippen molar-refractivity contribution in [3.63, 3.8) is 0 Å². The van der Waals surface area contributed by atoms with Gasteiger partial charge in [-0.1, -0.05) is 13.0 Å². The highest BCUT2D eigenvalue weighted by molar-refractivity contribution is 6.51. The van der Waals surface area contributed by atoms with Gasteiger partial charge >= 0.3 is 7.12 Å². The summed E-state index contributed by atoms with van der Waals surface area (Å²) in [6.45, 7) is 5.35. The van der Waals surface area contributed by atoms with Gasteiger partial charge in [-0.3, -0.25) is 9.48 Å². The van der Waals surface area contributed by atoms with E-state index in [9.17, 15) is 9.82 Å². The molecule has 1 aromatic carbocycles. The molecule has 4 rings (SSSR count). The average molecular weight is 382 g/mol.